The molecule has 11 nitrogen and oxygen atoms in total. The minimum Gasteiger partial charge on any atom is -0.474 e. The molecule has 2 aliphatic heterocycles. The average molecular weight is 572 g/mol. The summed E-state index contributed by atoms with van der Waals surface area (Å²) in [5, 5.41) is 28.3. The summed E-state index contributed by atoms with van der Waals surface area (Å²) >= 11 is 0. The minimum absolute atomic E-state index is 0.0903. The number of hydrogen-bond donors (Lipinski definition) is 3. The summed E-state index contributed by atoms with van der Waals surface area (Å²) in [6, 6.07) is 8.20. The lowest BCUT2D eigenvalue weighted by atomic mass is 9.68. The van der Waals surface area contributed by atoms with Crippen molar-refractivity contribution < 1.29 is 19.1 Å². The summed E-state index contributed by atoms with van der Waals surface area (Å²) < 4.78 is 18.6. The zero-order valence-electron chi connectivity index (χ0n) is 24.2. The van der Waals surface area contributed by atoms with Crippen molar-refractivity contribution >= 4 is 5.69 Å². The fraction of sp³-hybridized carbons (Fsp3) is 0.548. The number of likely N-dealkylation sites (N-methyl/N-ethyl adjacent to an activating group) is 1. The van der Waals surface area contributed by atoms with E-state index in [4.69, 9.17) is 29.7 Å². The number of β-amino-alcohol motifs (C(OH)–C–C–N with tert-alkyl or cyclic N) is 1. The fourth-order valence-electron chi connectivity index (χ4n) is 7.43. The molecule has 3 aromatic rings. The zero-order chi connectivity index (χ0) is 29.1. The first kappa shape index (κ1) is 27.1. The topological polar surface area (TPSA) is 156 Å². The maximum Gasteiger partial charge on any atom is 0.221 e. The molecule has 4 heterocycles. The number of aryl methyl sites for hydroxylation is 1. The molecule has 0 bridgehead atoms. The second-order valence-corrected chi connectivity index (χ2v) is 12.4. The van der Waals surface area contributed by atoms with Crippen molar-refractivity contribution in [3.63, 3.8) is 0 Å². The summed E-state index contributed by atoms with van der Waals surface area (Å²) in [4.78, 5) is 11.8. The third-order valence-corrected chi connectivity index (χ3v) is 9.70. The molecule has 3 atom stereocenters. The Labute approximate surface area is 245 Å². The number of ether oxygens (including phenoxy) is 2. The predicted molar refractivity (Wildman–Crippen MR) is 154 cm³/mol. The van der Waals surface area contributed by atoms with Gasteiger partial charge in [0.2, 0.25) is 11.8 Å². The number of nitrogen functional groups attached to an aromatic ring is 1. The third-order valence-electron chi connectivity index (χ3n) is 9.70. The van der Waals surface area contributed by atoms with Crippen molar-refractivity contribution in [2.75, 3.05) is 39.0 Å². The Bertz CT molecular complexity index is 1560. The number of hydrogen-bond acceptors (Lipinski definition) is 11. The number of nitrogens with zero attached hydrogens (tertiary/aromatic N) is 5. The van der Waals surface area contributed by atoms with Crippen molar-refractivity contribution in [2.45, 2.75) is 75.0 Å². The highest BCUT2D eigenvalue weighted by Gasteiger charge is 2.49. The average Bonchev–Trinajstić information content (AvgIpc) is 3.69. The van der Waals surface area contributed by atoms with E-state index in [9.17, 15) is 10.4 Å². The number of nitrogens with one attached hydrogen (secondary N) is 1. The van der Waals surface area contributed by atoms with Crippen molar-refractivity contribution in [1.29, 1.82) is 5.26 Å². The van der Waals surface area contributed by atoms with E-state index in [0.717, 1.165) is 73.9 Å². The van der Waals surface area contributed by atoms with Gasteiger partial charge in [0.15, 0.2) is 17.3 Å². The van der Waals surface area contributed by atoms with Crippen molar-refractivity contribution in [3.05, 3.63) is 46.2 Å². The van der Waals surface area contributed by atoms with Crippen LogP contribution < -0.4 is 20.5 Å². The maximum absolute atomic E-state index is 10.6. The first-order valence-electron chi connectivity index (χ1n) is 14.9. The Morgan fingerprint density at radius 1 is 1.24 bits per heavy atom. The standard InChI is InChI=1S/C31H37N7O4/c1-18(23-6-4-12-38(23)2)41-25-13-24(40-17-30(39)15-34-16-30)35-29(36-25)27-20-5-3-10-31(28(20)42-37-27)11-9-19-7-8-22(33)21(14-32)26(19)31/h7-8,13,18,23,34,39H,3-6,9-12,15-17,33H2,1-2H3/t18-,23-,31-/m0/s1. The van der Waals surface area contributed by atoms with Gasteiger partial charge in [0, 0.05) is 30.4 Å². The number of rotatable bonds is 7. The molecule has 2 saturated heterocycles. The molecule has 1 aromatic carbocycles. The van der Waals surface area contributed by atoms with Crippen LogP contribution in [0.3, 0.4) is 0 Å². The van der Waals surface area contributed by atoms with Crippen LogP contribution >= 0.6 is 0 Å². The van der Waals surface area contributed by atoms with Crippen LogP contribution in [-0.2, 0) is 18.3 Å². The molecule has 2 aliphatic carbocycles. The molecule has 2 aromatic heterocycles. The second-order valence-electron chi connectivity index (χ2n) is 12.4. The summed E-state index contributed by atoms with van der Waals surface area (Å²) in [6.45, 7) is 4.15. The maximum atomic E-state index is 10.6. The molecule has 220 valence electrons. The highest BCUT2D eigenvalue weighted by molar-refractivity contribution is 5.68. The predicted octanol–water partition coefficient (Wildman–Crippen LogP) is 2.73. The summed E-state index contributed by atoms with van der Waals surface area (Å²) in [5.41, 5.74) is 9.54. The van der Waals surface area contributed by atoms with E-state index in [1.165, 1.54) is 0 Å². The molecule has 4 aliphatic rings. The molecule has 42 heavy (non-hydrogen) atoms. The van der Waals surface area contributed by atoms with Crippen molar-refractivity contribution in [3.8, 4) is 29.3 Å². The summed E-state index contributed by atoms with van der Waals surface area (Å²) in [6.07, 6.45) is 6.32. The number of anilines is 1. The quantitative estimate of drug-likeness (QED) is 0.358. The number of benzene rings is 1. The Morgan fingerprint density at radius 3 is 2.81 bits per heavy atom. The first-order chi connectivity index (χ1) is 20.3. The van der Waals surface area contributed by atoms with Gasteiger partial charge >= 0.3 is 0 Å². The van der Waals surface area contributed by atoms with Crippen LogP contribution in [0.2, 0.25) is 0 Å². The van der Waals surface area contributed by atoms with Crippen LogP contribution in [0.25, 0.3) is 11.5 Å². The van der Waals surface area contributed by atoms with Crippen LogP contribution in [0.15, 0.2) is 22.7 Å². The molecular weight excluding hydrogens is 534 g/mol. The lowest BCUT2D eigenvalue weighted by Gasteiger charge is -2.36. The van der Waals surface area contributed by atoms with E-state index < -0.39 is 11.0 Å². The van der Waals surface area contributed by atoms with Gasteiger partial charge in [-0.05, 0) is 82.7 Å². The highest BCUT2D eigenvalue weighted by atomic mass is 16.5. The molecular formula is C31H37N7O4. The van der Waals surface area contributed by atoms with Gasteiger partial charge < -0.3 is 30.2 Å². The van der Waals surface area contributed by atoms with E-state index in [2.05, 4.69) is 35.4 Å². The van der Waals surface area contributed by atoms with E-state index >= 15 is 0 Å². The molecule has 11 heteroatoms. The number of aromatic nitrogens is 3. The molecule has 0 unspecified atom stereocenters. The molecule has 2 fully saturated rings. The van der Waals surface area contributed by atoms with Crippen molar-refractivity contribution in [2.24, 2.45) is 0 Å². The largest absolute Gasteiger partial charge is 0.474 e. The van der Waals surface area contributed by atoms with Crippen LogP contribution in [0.5, 0.6) is 11.8 Å². The normalized spacial score (nSPS) is 25.0. The Kier molecular flexibility index (Phi) is 6.60. The molecule has 0 amide bonds. The number of likely N-dealkylation sites (tertiary alicyclic amines) is 1. The third kappa shape index (κ3) is 4.40. The van der Waals surface area contributed by atoms with Crippen LogP contribution in [-0.4, -0.2) is 76.2 Å². The SMILES string of the molecule is C[C@H](Oc1cc(OCC2(O)CNC2)nc(-c2noc3c2CCC[C@@]32CCc3ccc(N)c(C#N)c32)n1)[C@@H]1CCCN1C. The van der Waals surface area contributed by atoms with Gasteiger partial charge in [-0.2, -0.15) is 15.2 Å². The molecule has 0 saturated carbocycles. The van der Waals surface area contributed by atoms with Gasteiger partial charge in [-0.25, -0.2) is 0 Å². The molecule has 1 spiro atoms. The minimum atomic E-state index is -0.929. The van der Waals surface area contributed by atoms with E-state index in [1.54, 1.807) is 6.07 Å². The lowest BCUT2D eigenvalue weighted by Crippen LogP contribution is -2.62. The highest BCUT2D eigenvalue weighted by Crippen LogP contribution is 2.54. The Hall–Kier alpha value is -3.72. The number of aliphatic hydroxyl groups is 1. The number of fused-ring (bicyclic) bond motifs is 4. The number of nitriles is 1. The van der Waals surface area contributed by atoms with Gasteiger partial charge in [-0.3, -0.25) is 4.90 Å². The lowest BCUT2D eigenvalue weighted by molar-refractivity contribution is -0.0467. The second kappa shape index (κ2) is 10.2. The van der Waals surface area contributed by atoms with E-state index in [1.807, 2.05) is 12.1 Å². The first-order valence-corrected chi connectivity index (χ1v) is 14.9. The van der Waals surface area contributed by atoms with Crippen LogP contribution in [0.1, 0.15) is 67.0 Å². The van der Waals surface area contributed by atoms with Crippen LogP contribution in [0, 0.1) is 11.3 Å². The summed E-state index contributed by atoms with van der Waals surface area (Å²) in [5.74, 6) is 1.85. The smallest absolute Gasteiger partial charge is 0.221 e. The fourth-order valence-corrected chi connectivity index (χ4v) is 7.43. The Morgan fingerprint density at radius 2 is 2.07 bits per heavy atom. The van der Waals surface area contributed by atoms with Gasteiger partial charge in [-0.15, -0.1) is 0 Å². The number of nitrogens with two attached hydrogens (primary N) is 1. The van der Waals surface area contributed by atoms with E-state index in [0.29, 0.717) is 53.7 Å². The molecule has 0 radical (unpaired) electrons. The monoisotopic (exact) mass is 571 g/mol. The van der Waals surface area contributed by atoms with E-state index in [-0.39, 0.29) is 12.7 Å². The van der Waals surface area contributed by atoms with Gasteiger partial charge in [0.25, 0.3) is 0 Å². The van der Waals surface area contributed by atoms with Gasteiger partial charge in [0.05, 0.1) is 17.0 Å². The zero-order valence-corrected chi connectivity index (χ0v) is 24.2. The summed E-state index contributed by atoms with van der Waals surface area (Å²) in [7, 11) is 2.12. The van der Waals surface area contributed by atoms with Crippen molar-refractivity contribution in [1.82, 2.24) is 25.3 Å². The molecule has 7 rings (SSSR count). The van der Waals surface area contributed by atoms with Gasteiger partial charge in [0.1, 0.15) is 24.4 Å². The van der Waals surface area contributed by atoms with Crippen LogP contribution in [0.4, 0.5) is 5.69 Å². The van der Waals surface area contributed by atoms with Gasteiger partial charge in [-0.1, -0.05) is 11.2 Å². The molecule has 4 N–H and O–H groups in total. The Balaban J connectivity index is 1.27.